The third-order valence-corrected chi connectivity index (χ3v) is 9.56. The molecule has 4 aliphatic heterocycles. The van der Waals surface area contributed by atoms with Crippen LogP contribution >= 0.6 is 0 Å². The molecule has 4 aliphatic rings. The van der Waals surface area contributed by atoms with Crippen LogP contribution in [0.4, 0.5) is 13.2 Å². The van der Waals surface area contributed by atoms with Crippen LogP contribution in [-0.2, 0) is 32.0 Å². The Morgan fingerprint density at radius 3 is 2.68 bits per heavy atom. The number of nitrogens with one attached hydrogen (secondary N) is 1. The first-order chi connectivity index (χ1) is 22.2. The van der Waals surface area contributed by atoms with E-state index in [-0.39, 0.29) is 18.4 Å². The number of hydrogen-bond donors (Lipinski definition) is 2. The quantitative estimate of drug-likeness (QED) is 0.400. The van der Waals surface area contributed by atoms with Crippen LogP contribution in [-0.4, -0.2) is 89.5 Å². The summed E-state index contributed by atoms with van der Waals surface area (Å²) in [6.45, 7) is 6.68. The summed E-state index contributed by atoms with van der Waals surface area (Å²) in [4.78, 5) is 33.1. The summed E-state index contributed by atoms with van der Waals surface area (Å²) in [6.07, 6.45) is -1.90. The van der Waals surface area contributed by atoms with Gasteiger partial charge in [-0.05, 0) is 61.6 Å². The molecule has 3 N–H and O–H groups in total. The van der Waals surface area contributed by atoms with Gasteiger partial charge in [-0.15, -0.1) is 0 Å². The highest BCUT2D eigenvalue weighted by Gasteiger charge is 2.38. The van der Waals surface area contributed by atoms with Crippen molar-refractivity contribution in [3.63, 3.8) is 0 Å². The maximum absolute atomic E-state index is 14.3. The lowest BCUT2D eigenvalue weighted by Crippen LogP contribution is -2.61. The van der Waals surface area contributed by atoms with Gasteiger partial charge in [-0.1, -0.05) is 19.9 Å². The summed E-state index contributed by atoms with van der Waals surface area (Å²) >= 11 is 0. The number of carbonyl (C=O) groups excluding carboxylic acids is 2. The van der Waals surface area contributed by atoms with Crippen molar-refractivity contribution in [2.75, 3.05) is 39.9 Å². The number of pyridine rings is 1. The molecule has 0 spiro atoms. The number of benzene rings is 1. The standard InChI is InChI=1S/C34H43F3N6O4/c1-20(46-4)29-23(7-5-11-39-29)30-25-14-33(2,3)19-47-32(45)27-8-6-12-43(40-27)31(44)26(38)17-41-15-22(16-41)21-9-10-28(24(25)13-21)42(30)18-34(35,36)37/h5,7,9-11,13,20,22,26-27,40H,6,8,12,14-19,38H2,1-4H3/t20-,26-,27-/m0/s1. The van der Waals surface area contributed by atoms with Gasteiger partial charge in [-0.3, -0.25) is 24.5 Å². The molecule has 2 fully saturated rings. The number of amides is 1. The van der Waals surface area contributed by atoms with E-state index in [1.807, 2.05) is 32.9 Å². The lowest BCUT2D eigenvalue weighted by Gasteiger charge is -2.42. The summed E-state index contributed by atoms with van der Waals surface area (Å²) < 4.78 is 55.7. The maximum atomic E-state index is 14.3. The van der Waals surface area contributed by atoms with E-state index >= 15 is 0 Å². The van der Waals surface area contributed by atoms with Crippen LogP contribution in [0.3, 0.4) is 0 Å². The van der Waals surface area contributed by atoms with Gasteiger partial charge in [-0.25, -0.2) is 5.43 Å². The van der Waals surface area contributed by atoms with Crippen molar-refractivity contribution in [2.45, 2.75) is 76.9 Å². The topological polar surface area (TPSA) is 115 Å². The summed E-state index contributed by atoms with van der Waals surface area (Å²) in [5, 5.41) is 2.16. The number of hydrogen-bond acceptors (Lipinski definition) is 8. The van der Waals surface area contributed by atoms with Crippen molar-refractivity contribution in [1.82, 2.24) is 24.9 Å². The molecule has 6 heterocycles. The molecule has 0 aliphatic carbocycles. The second kappa shape index (κ2) is 12.8. The molecule has 1 amide bonds. The van der Waals surface area contributed by atoms with E-state index in [0.717, 1.165) is 16.5 Å². The van der Waals surface area contributed by atoms with Gasteiger partial charge in [0.05, 0.1) is 30.1 Å². The van der Waals surface area contributed by atoms with Crippen LogP contribution in [0.5, 0.6) is 0 Å². The second-order valence-corrected chi connectivity index (χ2v) is 13.9. The van der Waals surface area contributed by atoms with E-state index < -0.39 is 42.3 Å². The van der Waals surface area contributed by atoms with E-state index in [2.05, 4.69) is 15.3 Å². The number of rotatable bonds is 4. The van der Waals surface area contributed by atoms with Gasteiger partial charge in [-0.2, -0.15) is 13.2 Å². The number of fused-ring (bicyclic) bond motifs is 6. The molecule has 6 bridgehead atoms. The van der Waals surface area contributed by atoms with Crippen molar-refractivity contribution >= 4 is 22.8 Å². The minimum Gasteiger partial charge on any atom is -0.464 e. The lowest BCUT2D eigenvalue weighted by molar-refractivity contribution is -0.155. The first-order valence-corrected chi connectivity index (χ1v) is 16.2. The number of aromatic nitrogens is 2. The number of esters is 1. The summed E-state index contributed by atoms with van der Waals surface area (Å²) in [7, 11) is 1.54. The average molecular weight is 657 g/mol. The zero-order chi connectivity index (χ0) is 33.7. The van der Waals surface area contributed by atoms with E-state index in [1.54, 1.807) is 31.5 Å². The summed E-state index contributed by atoms with van der Waals surface area (Å²) in [5.74, 6) is -0.618. The van der Waals surface area contributed by atoms with Crippen LogP contribution in [0.2, 0.25) is 0 Å². The molecule has 10 nitrogen and oxygen atoms in total. The molecular weight excluding hydrogens is 613 g/mol. The van der Waals surface area contributed by atoms with E-state index in [9.17, 15) is 22.8 Å². The van der Waals surface area contributed by atoms with Crippen LogP contribution in [0.15, 0.2) is 36.5 Å². The minimum atomic E-state index is -4.49. The van der Waals surface area contributed by atoms with Crippen LogP contribution in [0, 0.1) is 5.41 Å². The Balaban J connectivity index is 1.50. The number of hydrazine groups is 1. The van der Waals surface area contributed by atoms with Crippen molar-refractivity contribution in [3.8, 4) is 11.3 Å². The van der Waals surface area contributed by atoms with Gasteiger partial charge < -0.3 is 19.8 Å². The largest absolute Gasteiger partial charge is 0.464 e. The predicted molar refractivity (Wildman–Crippen MR) is 170 cm³/mol. The molecule has 3 aromatic rings. The molecule has 254 valence electrons. The summed E-state index contributed by atoms with van der Waals surface area (Å²) in [6, 6.07) is 7.74. The van der Waals surface area contributed by atoms with E-state index in [1.165, 1.54) is 9.58 Å². The Morgan fingerprint density at radius 2 is 1.96 bits per heavy atom. The summed E-state index contributed by atoms with van der Waals surface area (Å²) in [5.41, 5.74) is 12.4. The molecule has 3 atom stereocenters. The van der Waals surface area contributed by atoms with Crippen LogP contribution < -0.4 is 11.2 Å². The van der Waals surface area contributed by atoms with E-state index in [4.69, 9.17) is 15.2 Å². The molecule has 47 heavy (non-hydrogen) atoms. The van der Waals surface area contributed by atoms with Gasteiger partial charge in [0.25, 0.3) is 5.91 Å². The number of halogens is 3. The molecular formula is C34H43F3N6O4. The fourth-order valence-corrected chi connectivity index (χ4v) is 7.08. The monoisotopic (exact) mass is 656 g/mol. The molecule has 0 saturated carbocycles. The Kier molecular flexibility index (Phi) is 9.11. The van der Waals surface area contributed by atoms with Crippen LogP contribution in [0.1, 0.15) is 62.5 Å². The third kappa shape index (κ3) is 6.89. The normalized spacial score (nSPS) is 26.0. The number of nitrogens with two attached hydrogens (primary N) is 1. The van der Waals surface area contributed by atoms with Gasteiger partial charge in [0.2, 0.25) is 0 Å². The van der Waals surface area contributed by atoms with Gasteiger partial charge in [0, 0.05) is 67.3 Å². The number of ether oxygens (including phenoxy) is 2. The molecule has 13 heteroatoms. The number of methoxy groups -OCH3 is 1. The van der Waals surface area contributed by atoms with E-state index in [0.29, 0.717) is 67.9 Å². The lowest BCUT2D eigenvalue weighted by atomic mass is 9.83. The van der Waals surface area contributed by atoms with Crippen molar-refractivity contribution < 1.29 is 32.2 Å². The third-order valence-electron chi connectivity index (χ3n) is 9.56. The second-order valence-electron chi connectivity index (χ2n) is 13.9. The molecule has 2 saturated heterocycles. The van der Waals surface area contributed by atoms with Gasteiger partial charge >= 0.3 is 12.1 Å². The molecule has 0 radical (unpaired) electrons. The van der Waals surface area contributed by atoms with Crippen molar-refractivity contribution in [2.24, 2.45) is 11.1 Å². The molecule has 7 rings (SSSR count). The molecule has 0 unspecified atom stereocenters. The molecule has 2 aromatic heterocycles. The van der Waals surface area contributed by atoms with Gasteiger partial charge in [0.1, 0.15) is 12.6 Å². The highest BCUT2D eigenvalue weighted by molar-refractivity contribution is 5.93. The highest BCUT2D eigenvalue weighted by atomic mass is 19.4. The zero-order valence-corrected chi connectivity index (χ0v) is 27.3. The fourth-order valence-electron chi connectivity index (χ4n) is 7.08. The Hall–Kier alpha value is -3.52. The maximum Gasteiger partial charge on any atom is 0.406 e. The minimum absolute atomic E-state index is 0.0223. The molecule has 1 aromatic carbocycles. The zero-order valence-electron chi connectivity index (χ0n) is 27.3. The van der Waals surface area contributed by atoms with Crippen molar-refractivity contribution in [1.29, 1.82) is 0 Å². The van der Waals surface area contributed by atoms with Crippen molar-refractivity contribution in [3.05, 3.63) is 53.3 Å². The first-order valence-electron chi connectivity index (χ1n) is 16.2. The Morgan fingerprint density at radius 1 is 1.19 bits per heavy atom. The number of alkyl halides is 3. The Bertz CT molecular complexity index is 1650. The highest BCUT2D eigenvalue weighted by Crippen LogP contribution is 2.43. The smallest absolute Gasteiger partial charge is 0.406 e. The predicted octanol–water partition coefficient (Wildman–Crippen LogP) is 4.32. The number of carbonyl (C=O) groups is 2. The number of nitrogens with zero attached hydrogens (tertiary/aromatic N) is 4. The fraction of sp³-hybridized carbons (Fsp3) is 0.559. The first kappa shape index (κ1) is 33.4. The Labute approximate surface area is 272 Å². The van der Waals surface area contributed by atoms with Crippen LogP contribution in [0.25, 0.3) is 22.2 Å². The average Bonchev–Trinajstić information content (AvgIpc) is 3.29. The van der Waals surface area contributed by atoms with Gasteiger partial charge in [0.15, 0.2) is 0 Å². The SMILES string of the molecule is CO[C@@H](C)c1ncccc1-c1c2c3cc(ccc3n1CC(F)(F)F)C1CN(C1)C[C@H](N)C(=O)N1CCC[C@H](N1)C(=O)OCC(C)(C)C2.